The van der Waals surface area contributed by atoms with Gasteiger partial charge in [-0.05, 0) is 25.1 Å². The third-order valence-electron chi connectivity index (χ3n) is 2.57. The van der Waals surface area contributed by atoms with E-state index in [2.05, 4.69) is 15.3 Å². The molecule has 1 heterocycles. The molecule has 6 heteroatoms. The first kappa shape index (κ1) is 12.1. The van der Waals surface area contributed by atoms with Crippen molar-refractivity contribution < 1.29 is 9.59 Å². The Kier molecular flexibility index (Phi) is 3.27. The van der Waals surface area contributed by atoms with Gasteiger partial charge in [0.05, 0.1) is 17.4 Å². The summed E-state index contributed by atoms with van der Waals surface area (Å²) in [6.45, 7) is 1.73. The van der Waals surface area contributed by atoms with Crippen molar-refractivity contribution in [3.8, 4) is 0 Å². The number of fused-ring (bicyclic) bond motifs is 1. The molecule has 0 saturated heterocycles. The lowest BCUT2D eigenvalue weighted by atomic mass is 10.1. The van der Waals surface area contributed by atoms with Crippen molar-refractivity contribution in [2.45, 2.75) is 19.4 Å². The van der Waals surface area contributed by atoms with Gasteiger partial charge in [-0.25, -0.2) is 4.98 Å². The highest BCUT2D eigenvalue weighted by atomic mass is 16.2. The van der Waals surface area contributed by atoms with Crippen molar-refractivity contribution in [2.24, 2.45) is 5.73 Å². The molecule has 94 valence electrons. The van der Waals surface area contributed by atoms with E-state index >= 15 is 0 Å². The predicted octanol–water partition coefficient (Wildman–Crippen LogP) is 0.557. The highest BCUT2D eigenvalue weighted by Gasteiger charge is 2.12. The number of hydrogen-bond acceptors (Lipinski definition) is 3. The molecule has 1 atom stereocenters. The van der Waals surface area contributed by atoms with Gasteiger partial charge in [0.2, 0.25) is 5.91 Å². The van der Waals surface area contributed by atoms with Gasteiger partial charge in [-0.1, -0.05) is 0 Å². The molecule has 18 heavy (non-hydrogen) atoms. The number of amides is 2. The molecule has 1 unspecified atom stereocenters. The largest absolute Gasteiger partial charge is 0.370 e. The zero-order chi connectivity index (χ0) is 13.1. The van der Waals surface area contributed by atoms with Crippen molar-refractivity contribution in [1.82, 2.24) is 15.3 Å². The number of hydrogen-bond donors (Lipinski definition) is 3. The lowest BCUT2D eigenvalue weighted by molar-refractivity contribution is -0.118. The molecule has 2 aromatic rings. The minimum absolute atomic E-state index is 0.123. The Bertz CT molecular complexity index is 591. The lowest BCUT2D eigenvalue weighted by Gasteiger charge is -2.11. The van der Waals surface area contributed by atoms with Crippen LogP contribution in [0, 0.1) is 0 Å². The maximum absolute atomic E-state index is 11.9. The summed E-state index contributed by atoms with van der Waals surface area (Å²) in [5.74, 6) is -0.674. The molecule has 0 aliphatic heterocycles. The molecule has 0 saturated carbocycles. The number of rotatable bonds is 4. The van der Waals surface area contributed by atoms with Crippen LogP contribution in [0.5, 0.6) is 0 Å². The van der Waals surface area contributed by atoms with E-state index in [4.69, 9.17) is 5.73 Å². The summed E-state index contributed by atoms with van der Waals surface area (Å²) in [4.78, 5) is 29.6. The topological polar surface area (TPSA) is 101 Å². The van der Waals surface area contributed by atoms with Crippen molar-refractivity contribution in [3.63, 3.8) is 0 Å². The van der Waals surface area contributed by atoms with E-state index in [9.17, 15) is 9.59 Å². The van der Waals surface area contributed by atoms with Gasteiger partial charge in [0.15, 0.2) is 0 Å². The normalized spacial score (nSPS) is 12.3. The summed E-state index contributed by atoms with van der Waals surface area (Å²) in [5, 5.41) is 2.71. The van der Waals surface area contributed by atoms with E-state index < -0.39 is 5.91 Å². The number of benzene rings is 1. The highest BCUT2D eigenvalue weighted by Crippen LogP contribution is 2.11. The van der Waals surface area contributed by atoms with E-state index in [0.717, 1.165) is 11.0 Å². The molecule has 6 nitrogen and oxygen atoms in total. The number of aromatic nitrogens is 2. The molecule has 0 spiro atoms. The number of nitrogens with two attached hydrogens (primary N) is 1. The van der Waals surface area contributed by atoms with Gasteiger partial charge in [-0.15, -0.1) is 0 Å². The molecule has 0 radical (unpaired) electrons. The van der Waals surface area contributed by atoms with Crippen molar-refractivity contribution in [1.29, 1.82) is 0 Å². The van der Waals surface area contributed by atoms with Crippen LogP contribution in [0.3, 0.4) is 0 Å². The quantitative estimate of drug-likeness (QED) is 0.734. The standard InChI is InChI=1S/C12H14N4O2/c1-7(4-11(13)17)16-12(18)8-2-3-9-10(5-8)15-6-14-9/h2-3,5-7H,4H2,1H3,(H2,13,17)(H,14,15)(H,16,18). The maximum atomic E-state index is 11.9. The Morgan fingerprint density at radius 1 is 1.50 bits per heavy atom. The van der Waals surface area contributed by atoms with Crippen LogP contribution in [0.1, 0.15) is 23.7 Å². The SMILES string of the molecule is CC(CC(N)=O)NC(=O)c1ccc2nc[nH]c2c1. The van der Waals surface area contributed by atoms with E-state index in [1.54, 1.807) is 31.5 Å². The van der Waals surface area contributed by atoms with Crippen LogP contribution in [-0.4, -0.2) is 27.8 Å². The number of imidazole rings is 1. The fourth-order valence-corrected chi connectivity index (χ4v) is 1.74. The monoisotopic (exact) mass is 246 g/mol. The van der Waals surface area contributed by atoms with E-state index in [1.807, 2.05) is 0 Å². The first-order valence-corrected chi connectivity index (χ1v) is 5.58. The van der Waals surface area contributed by atoms with Gasteiger partial charge >= 0.3 is 0 Å². The predicted molar refractivity (Wildman–Crippen MR) is 66.8 cm³/mol. The summed E-state index contributed by atoms with van der Waals surface area (Å²) in [5.41, 5.74) is 7.18. The molecule has 0 aliphatic rings. The van der Waals surface area contributed by atoms with Crippen LogP contribution in [0.2, 0.25) is 0 Å². The number of H-pyrrole nitrogens is 1. The molecule has 0 fully saturated rings. The van der Waals surface area contributed by atoms with Crippen LogP contribution in [0.15, 0.2) is 24.5 Å². The fraction of sp³-hybridized carbons (Fsp3) is 0.250. The van der Waals surface area contributed by atoms with Crippen LogP contribution < -0.4 is 11.1 Å². The highest BCUT2D eigenvalue weighted by molar-refractivity contribution is 5.97. The van der Waals surface area contributed by atoms with Crippen LogP contribution in [0.4, 0.5) is 0 Å². The first-order chi connectivity index (χ1) is 8.56. The summed E-state index contributed by atoms with van der Waals surface area (Å²) < 4.78 is 0. The molecular weight excluding hydrogens is 232 g/mol. The number of primary amides is 1. The number of nitrogens with zero attached hydrogens (tertiary/aromatic N) is 1. The third-order valence-corrected chi connectivity index (χ3v) is 2.57. The van der Waals surface area contributed by atoms with Crippen molar-refractivity contribution >= 4 is 22.8 Å². The molecule has 4 N–H and O–H groups in total. The van der Waals surface area contributed by atoms with Crippen LogP contribution >= 0.6 is 0 Å². The van der Waals surface area contributed by atoms with Gasteiger partial charge in [-0.3, -0.25) is 9.59 Å². The van der Waals surface area contributed by atoms with E-state index in [0.29, 0.717) is 5.56 Å². The summed E-state index contributed by atoms with van der Waals surface area (Å²) in [6, 6.07) is 4.89. The first-order valence-electron chi connectivity index (χ1n) is 5.58. The van der Waals surface area contributed by atoms with Gasteiger partial charge in [0.1, 0.15) is 0 Å². The second kappa shape index (κ2) is 4.87. The number of carbonyl (C=O) groups excluding carboxylic acids is 2. The van der Waals surface area contributed by atoms with E-state index in [1.165, 1.54) is 0 Å². The molecular formula is C12H14N4O2. The van der Waals surface area contributed by atoms with Crippen molar-refractivity contribution in [3.05, 3.63) is 30.1 Å². The molecule has 1 aromatic heterocycles. The van der Waals surface area contributed by atoms with Crippen LogP contribution in [-0.2, 0) is 4.79 Å². The number of carbonyl (C=O) groups is 2. The zero-order valence-corrected chi connectivity index (χ0v) is 9.93. The Morgan fingerprint density at radius 2 is 2.28 bits per heavy atom. The molecule has 0 aliphatic carbocycles. The summed E-state index contributed by atoms with van der Waals surface area (Å²) in [7, 11) is 0. The number of nitrogens with one attached hydrogen (secondary N) is 2. The maximum Gasteiger partial charge on any atom is 0.251 e. The molecule has 2 rings (SSSR count). The third kappa shape index (κ3) is 2.65. The van der Waals surface area contributed by atoms with Gasteiger partial charge < -0.3 is 16.0 Å². The lowest BCUT2D eigenvalue weighted by Crippen LogP contribution is -2.35. The minimum Gasteiger partial charge on any atom is -0.370 e. The summed E-state index contributed by atoms with van der Waals surface area (Å²) >= 11 is 0. The minimum atomic E-state index is -0.438. The van der Waals surface area contributed by atoms with Gasteiger partial charge in [0, 0.05) is 18.0 Å². The zero-order valence-electron chi connectivity index (χ0n) is 9.93. The fourth-order valence-electron chi connectivity index (χ4n) is 1.74. The smallest absolute Gasteiger partial charge is 0.251 e. The summed E-state index contributed by atoms with van der Waals surface area (Å²) in [6.07, 6.45) is 1.69. The average Bonchev–Trinajstić information content (AvgIpc) is 2.74. The number of aromatic amines is 1. The van der Waals surface area contributed by atoms with Crippen LogP contribution in [0.25, 0.3) is 11.0 Å². The average molecular weight is 246 g/mol. The van der Waals surface area contributed by atoms with Gasteiger partial charge in [-0.2, -0.15) is 0 Å². The second-order valence-corrected chi connectivity index (χ2v) is 4.18. The Balaban J connectivity index is 2.10. The second-order valence-electron chi connectivity index (χ2n) is 4.18. The Labute approximate surface area is 104 Å². The van der Waals surface area contributed by atoms with Crippen molar-refractivity contribution in [2.75, 3.05) is 0 Å². The molecule has 1 aromatic carbocycles. The molecule has 2 amide bonds. The Hall–Kier alpha value is -2.37. The van der Waals surface area contributed by atoms with Gasteiger partial charge in [0.25, 0.3) is 5.91 Å². The Morgan fingerprint density at radius 3 is 3.00 bits per heavy atom. The molecule has 0 bridgehead atoms. The van der Waals surface area contributed by atoms with E-state index in [-0.39, 0.29) is 18.4 Å².